The number of morpholine rings is 1. The van der Waals surface area contributed by atoms with Crippen LogP contribution in [0.15, 0.2) is 18.2 Å². The van der Waals surface area contributed by atoms with E-state index in [1.807, 2.05) is 24.0 Å². The first-order valence-corrected chi connectivity index (χ1v) is 6.89. The fraction of sp³-hybridized carbons (Fsp3) is 0.417. The van der Waals surface area contributed by atoms with E-state index in [4.69, 9.17) is 16.3 Å². The first kappa shape index (κ1) is 13.1. The van der Waals surface area contributed by atoms with E-state index in [2.05, 4.69) is 22.6 Å². The molecule has 2 rings (SSSR count). The molecule has 0 radical (unpaired) electrons. The van der Waals surface area contributed by atoms with Gasteiger partial charge in [-0.2, -0.15) is 0 Å². The van der Waals surface area contributed by atoms with Crippen molar-refractivity contribution in [2.75, 3.05) is 19.8 Å². The fourth-order valence-corrected chi connectivity index (χ4v) is 2.34. The lowest BCUT2D eigenvalue weighted by Gasteiger charge is -2.33. The van der Waals surface area contributed by atoms with Gasteiger partial charge in [0.25, 0.3) is 5.91 Å². The predicted octanol–water partition coefficient (Wildman–Crippen LogP) is 2.81. The minimum Gasteiger partial charge on any atom is -0.377 e. The fourth-order valence-electron chi connectivity index (χ4n) is 1.82. The number of ether oxygens (including phenoxy) is 1. The van der Waals surface area contributed by atoms with Gasteiger partial charge < -0.3 is 9.64 Å². The van der Waals surface area contributed by atoms with Gasteiger partial charge in [0.15, 0.2) is 0 Å². The van der Waals surface area contributed by atoms with Crippen LogP contribution in [-0.4, -0.2) is 36.6 Å². The molecule has 5 heteroatoms. The standard InChI is InChI=1S/C12H13ClINO2/c1-8-7-17-5-4-15(8)12(16)9-2-3-11(14)10(13)6-9/h2-3,6,8H,4-5,7H2,1H3/t8-/m1/s1. The quantitative estimate of drug-likeness (QED) is 0.716. The van der Waals surface area contributed by atoms with Crippen LogP contribution in [-0.2, 0) is 4.74 Å². The molecule has 0 saturated carbocycles. The van der Waals surface area contributed by atoms with Gasteiger partial charge in [-0.3, -0.25) is 4.79 Å². The van der Waals surface area contributed by atoms with Gasteiger partial charge in [-0.25, -0.2) is 0 Å². The molecule has 1 fully saturated rings. The van der Waals surface area contributed by atoms with Gasteiger partial charge >= 0.3 is 0 Å². The average molecular weight is 366 g/mol. The molecule has 0 spiro atoms. The largest absolute Gasteiger partial charge is 0.377 e. The highest BCUT2D eigenvalue weighted by Gasteiger charge is 2.24. The summed E-state index contributed by atoms with van der Waals surface area (Å²) in [5, 5.41) is 0.623. The maximum Gasteiger partial charge on any atom is 0.254 e. The van der Waals surface area contributed by atoms with Crippen LogP contribution in [0.25, 0.3) is 0 Å². The van der Waals surface area contributed by atoms with Crippen LogP contribution in [0.3, 0.4) is 0 Å². The van der Waals surface area contributed by atoms with Crippen LogP contribution >= 0.6 is 34.2 Å². The zero-order chi connectivity index (χ0) is 12.4. The van der Waals surface area contributed by atoms with Crippen LogP contribution in [0.4, 0.5) is 0 Å². The summed E-state index contributed by atoms with van der Waals surface area (Å²) in [4.78, 5) is 14.1. The molecule has 17 heavy (non-hydrogen) atoms. The third kappa shape index (κ3) is 2.92. The Labute approximate surface area is 119 Å². The lowest BCUT2D eigenvalue weighted by atomic mass is 10.1. The molecular formula is C12H13ClINO2. The number of hydrogen-bond donors (Lipinski definition) is 0. The van der Waals surface area contributed by atoms with Gasteiger partial charge in [-0.15, -0.1) is 0 Å². The van der Waals surface area contributed by atoms with Gasteiger partial charge in [0, 0.05) is 15.7 Å². The molecular weight excluding hydrogens is 352 g/mol. The molecule has 92 valence electrons. The Morgan fingerprint density at radius 1 is 1.59 bits per heavy atom. The summed E-state index contributed by atoms with van der Waals surface area (Å²) in [6.45, 7) is 3.84. The Morgan fingerprint density at radius 2 is 2.35 bits per heavy atom. The molecule has 0 aliphatic carbocycles. The van der Waals surface area contributed by atoms with Crippen molar-refractivity contribution in [1.82, 2.24) is 4.90 Å². The minimum absolute atomic E-state index is 0.0269. The maximum atomic E-state index is 12.3. The normalized spacial score (nSPS) is 20.4. The minimum atomic E-state index is 0.0269. The number of carbonyl (C=O) groups is 1. The zero-order valence-corrected chi connectivity index (χ0v) is 12.4. The topological polar surface area (TPSA) is 29.5 Å². The zero-order valence-electron chi connectivity index (χ0n) is 9.45. The highest BCUT2D eigenvalue weighted by molar-refractivity contribution is 14.1. The monoisotopic (exact) mass is 365 g/mol. The van der Waals surface area contributed by atoms with Crippen molar-refractivity contribution in [2.45, 2.75) is 13.0 Å². The van der Waals surface area contributed by atoms with Crippen molar-refractivity contribution < 1.29 is 9.53 Å². The molecule has 0 bridgehead atoms. The number of halogens is 2. The van der Waals surface area contributed by atoms with Crippen LogP contribution in [0.2, 0.25) is 5.02 Å². The Balaban J connectivity index is 2.21. The Kier molecular flexibility index (Phi) is 4.27. The molecule has 1 saturated heterocycles. The molecule has 1 aliphatic heterocycles. The summed E-state index contributed by atoms with van der Waals surface area (Å²) in [6, 6.07) is 5.53. The second-order valence-corrected chi connectivity index (χ2v) is 5.62. The van der Waals surface area contributed by atoms with Gasteiger partial charge in [-0.05, 0) is 47.7 Å². The van der Waals surface area contributed by atoms with Crippen LogP contribution in [0.1, 0.15) is 17.3 Å². The smallest absolute Gasteiger partial charge is 0.254 e. The van der Waals surface area contributed by atoms with E-state index in [-0.39, 0.29) is 11.9 Å². The maximum absolute atomic E-state index is 12.3. The second kappa shape index (κ2) is 5.54. The molecule has 1 heterocycles. The second-order valence-electron chi connectivity index (χ2n) is 4.05. The van der Waals surface area contributed by atoms with Crippen molar-refractivity contribution >= 4 is 40.1 Å². The number of amides is 1. The summed E-state index contributed by atoms with van der Waals surface area (Å²) >= 11 is 8.18. The molecule has 1 amide bonds. The summed E-state index contributed by atoms with van der Waals surface area (Å²) in [6.07, 6.45) is 0. The Morgan fingerprint density at radius 3 is 3.00 bits per heavy atom. The number of hydrogen-bond acceptors (Lipinski definition) is 2. The van der Waals surface area contributed by atoms with Gasteiger partial charge in [0.2, 0.25) is 0 Å². The van der Waals surface area contributed by atoms with E-state index >= 15 is 0 Å². The van der Waals surface area contributed by atoms with E-state index in [1.165, 1.54) is 0 Å². The van der Waals surface area contributed by atoms with Crippen molar-refractivity contribution in [2.24, 2.45) is 0 Å². The third-order valence-electron chi connectivity index (χ3n) is 2.80. The van der Waals surface area contributed by atoms with Crippen molar-refractivity contribution in [3.8, 4) is 0 Å². The summed E-state index contributed by atoms with van der Waals surface area (Å²) in [7, 11) is 0. The van der Waals surface area contributed by atoms with Crippen LogP contribution in [0, 0.1) is 3.57 Å². The SMILES string of the molecule is C[C@@H]1COCCN1C(=O)c1ccc(I)c(Cl)c1. The summed E-state index contributed by atoms with van der Waals surface area (Å²) < 4.78 is 6.27. The molecule has 0 unspecified atom stereocenters. The van der Waals surface area contributed by atoms with Crippen LogP contribution < -0.4 is 0 Å². The molecule has 0 N–H and O–H groups in total. The van der Waals surface area contributed by atoms with Crippen molar-refractivity contribution in [3.63, 3.8) is 0 Å². The molecule has 0 aromatic heterocycles. The predicted molar refractivity (Wildman–Crippen MR) is 75.5 cm³/mol. The average Bonchev–Trinajstić information content (AvgIpc) is 2.32. The first-order valence-electron chi connectivity index (χ1n) is 5.43. The van der Waals surface area contributed by atoms with Gasteiger partial charge in [0.1, 0.15) is 0 Å². The van der Waals surface area contributed by atoms with Crippen molar-refractivity contribution in [3.05, 3.63) is 32.4 Å². The summed E-state index contributed by atoms with van der Waals surface area (Å²) in [5.74, 6) is 0.0269. The number of benzene rings is 1. The number of nitrogens with zero attached hydrogens (tertiary/aromatic N) is 1. The molecule has 1 aromatic carbocycles. The van der Waals surface area contributed by atoms with Crippen LogP contribution in [0.5, 0.6) is 0 Å². The Hall–Kier alpha value is -0.330. The molecule has 1 aromatic rings. The van der Waals surface area contributed by atoms with E-state index in [9.17, 15) is 4.79 Å². The Bertz CT molecular complexity index is 439. The number of carbonyl (C=O) groups excluding carboxylic acids is 1. The van der Waals surface area contributed by atoms with E-state index in [0.29, 0.717) is 30.3 Å². The molecule has 1 aliphatic rings. The highest BCUT2D eigenvalue weighted by Crippen LogP contribution is 2.21. The van der Waals surface area contributed by atoms with E-state index < -0.39 is 0 Å². The molecule has 3 nitrogen and oxygen atoms in total. The summed E-state index contributed by atoms with van der Waals surface area (Å²) in [5.41, 5.74) is 0.643. The van der Waals surface area contributed by atoms with Gasteiger partial charge in [0.05, 0.1) is 24.3 Å². The highest BCUT2D eigenvalue weighted by atomic mass is 127. The van der Waals surface area contributed by atoms with E-state index in [1.54, 1.807) is 6.07 Å². The number of rotatable bonds is 1. The first-order chi connectivity index (χ1) is 8.09. The molecule has 1 atom stereocenters. The van der Waals surface area contributed by atoms with E-state index in [0.717, 1.165) is 3.57 Å². The lowest BCUT2D eigenvalue weighted by Crippen LogP contribution is -2.47. The lowest BCUT2D eigenvalue weighted by molar-refractivity contribution is 0.00359. The van der Waals surface area contributed by atoms with Crippen molar-refractivity contribution in [1.29, 1.82) is 0 Å². The van der Waals surface area contributed by atoms with Gasteiger partial charge in [-0.1, -0.05) is 11.6 Å². The third-order valence-corrected chi connectivity index (χ3v) is 4.37.